The molecule has 1 aromatic heterocycles. The minimum Gasteiger partial charge on any atom is -0.326 e. The number of rotatable bonds is 5. The Morgan fingerprint density at radius 1 is 1.17 bits per heavy atom. The Balaban J connectivity index is 1.66. The van der Waals surface area contributed by atoms with E-state index in [4.69, 9.17) is 0 Å². The molecule has 1 heterocycles. The number of carbonyl (C=O) groups excluding carboxylic acids is 1. The Bertz CT molecular complexity index is 858. The molecule has 0 bridgehead atoms. The third-order valence-corrected chi connectivity index (χ3v) is 3.47. The van der Waals surface area contributed by atoms with Gasteiger partial charge in [0.2, 0.25) is 5.91 Å². The molecule has 2 aromatic carbocycles. The zero-order chi connectivity index (χ0) is 16.9. The van der Waals surface area contributed by atoms with Crippen LogP contribution in [0.5, 0.6) is 0 Å². The zero-order valence-electron chi connectivity index (χ0n) is 12.6. The van der Waals surface area contributed by atoms with Crippen LogP contribution in [-0.4, -0.2) is 21.0 Å². The van der Waals surface area contributed by atoms with Gasteiger partial charge in [-0.05, 0) is 23.8 Å². The summed E-state index contributed by atoms with van der Waals surface area (Å²) in [7, 11) is 0. The van der Waals surface area contributed by atoms with Crippen LogP contribution < -0.4 is 5.32 Å². The SMILES string of the molecule is O=C(Cc1ccc([N+](=O)[O-])cc1)Nc1cccc(-c2ccn[nH]2)c1. The molecule has 0 saturated heterocycles. The van der Waals surface area contributed by atoms with E-state index in [1.807, 2.05) is 24.3 Å². The van der Waals surface area contributed by atoms with Crippen molar-refractivity contribution >= 4 is 17.3 Å². The van der Waals surface area contributed by atoms with Crippen LogP contribution in [0.3, 0.4) is 0 Å². The molecular weight excluding hydrogens is 308 g/mol. The number of nitro benzene ring substituents is 1. The number of hydrogen-bond donors (Lipinski definition) is 2. The number of hydrogen-bond acceptors (Lipinski definition) is 4. The van der Waals surface area contributed by atoms with Crippen molar-refractivity contribution in [3.05, 3.63) is 76.5 Å². The first kappa shape index (κ1) is 15.4. The number of anilines is 1. The van der Waals surface area contributed by atoms with Crippen molar-refractivity contribution in [2.24, 2.45) is 0 Å². The highest BCUT2D eigenvalue weighted by atomic mass is 16.6. The molecule has 0 aliphatic heterocycles. The number of carbonyl (C=O) groups is 1. The van der Waals surface area contributed by atoms with Crippen LogP contribution >= 0.6 is 0 Å². The number of non-ortho nitro benzene ring substituents is 1. The van der Waals surface area contributed by atoms with E-state index < -0.39 is 4.92 Å². The lowest BCUT2D eigenvalue weighted by molar-refractivity contribution is -0.384. The largest absolute Gasteiger partial charge is 0.326 e. The Morgan fingerprint density at radius 3 is 2.62 bits per heavy atom. The van der Waals surface area contributed by atoms with E-state index in [0.717, 1.165) is 11.3 Å². The molecule has 0 radical (unpaired) electrons. The number of benzene rings is 2. The molecule has 0 fully saturated rings. The van der Waals surface area contributed by atoms with Gasteiger partial charge in [-0.25, -0.2) is 0 Å². The fraction of sp³-hybridized carbons (Fsp3) is 0.0588. The van der Waals surface area contributed by atoms with Gasteiger partial charge in [0.1, 0.15) is 0 Å². The number of aromatic nitrogens is 2. The normalized spacial score (nSPS) is 10.3. The van der Waals surface area contributed by atoms with Gasteiger partial charge in [0, 0.05) is 29.6 Å². The Hall–Kier alpha value is -3.48. The number of nitrogens with one attached hydrogen (secondary N) is 2. The van der Waals surface area contributed by atoms with Gasteiger partial charge in [-0.15, -0.1) is 0 Å². The number of nitro groups is 1. The van der Waals surface area contributed by atoms with Crippen LogP contribution in [0.25, 0.3) is 11.3 Å². The summed E-state index contributed by atoms with van der Waals surface area (Å²) in [6.07, 6.45) is 1.81. The highest BCUT2D eigenvalue weighted by Crippen LogP contribution is 2.20. The molecule has 7 nitrogen and oxygen atoms in total. The maximum atomic E-state index is 12.1. The number of aromatic amines is 1. The molecule has 1 amide bonds. The first-order valence-corrected chi connectivity index (χ1v) is 7.25. The molecule has 0 aliphatic rings. The zero-order valence-corrected chi connectivity index (χ0v) is 12.6. The molecule has 120 valence electrons. The molecule has 3 rings (SSSR count). The third kappa shape index (κ3) is 3.64. The van der Waals surface area contributed by atoms with Gasteiger partial charge >= 0.3 is 0 Å². The predicted molar refractivity (Wildman–Crippen MR) is 89.5 cm³/mol. The fourth-order valence-corrected chi connectivity index (χ4v) is 2.31. The van der Waals surface area contributed by atoms with E-state index in [9.17, 15) is 14.9 Å². The summed E-state index contributed by atoms with van der Waals surface area (Å²) >= 11 is 0. The van der Waals surface area contributed by atoms with E-state index in [1.165, 1.54) is 12.1 Å². The van der Waals surface area contributed by atoms with Gasteiger partial charge in [0.05, 0.1) is 17.0 Å². The molecule has 24 heavy (non-hydrogen) atoms. The van der Waals surface area contributed by atoms with Crippen molar-refractivity contribution in [1.82, 2.24) is 10.2 Å². The van der Waals surface area contributed by atoms with Crippen molar-refractivity contribution in [3.63, 3.8) is 0 Å². The molecular formula is C17H14N4O3. The average Bonchev–Trinajstić information content (AvgIpc) is 3.10. The Kier molecular flexibility index (Phi) is 4.33. The molecule has 0 saturated carbocycles. The highest BCUT2D eigenvalue weighted by Gasteiger charge is 2.08. The number of amides is 1. The van der Waals surface area contributed by atoms with E-state index in [-0.39, 0.29) is 18.0 Å². The summed E-state index contributed by atoms with van der Waals surface area (Å²) < 4.78 is 0. The molecule has 2 N–H and O–H groups in total. The lowest BCUT2D eigenvalue weighted by Crippen LogP contribution is -2.14. The van der Waals surface area contributed by atoms with Gasteiger partial charge in [-0.2, -0.15) is 5.10 Å². The van der Waals surface area contributed by atoms with E-state index in [0.29, 0.717) is 11.3 Å². The second-order valence-corrected chi connectivity index (χ2v) is 5.20. The van der Waals surface area contributed by atoms with Gasteiger partial charge in [-0.3, -0.25) is 20.0 Å². The molecule has 7 heteroatoms. The van der Waals surface area contributed by atoms with Crippen LogP contribution in [0.15, 0.2) is 60.8 Å². The molecule has 0 unspecified atom stereocenters. The van der Waals surface area contributed by atoms with Crippen molar-refractivity contribution < 1.29 is 9.72 Å². The first-order valence-electron chi connectivity index (χ1n) is 7.25. The summed E-state index contributed by atoms with van der Waals surface area (Å²) in [5.41, 5.74) is 3.17. The average molecular weight is 322 g/mol. The van der Waals surface area contributed by atoms with Gasteiger partial charge in [-0.1, -0.05) is 24.3 Å². The smallest absolute Gasteiger partial charge is 0.269 e. The van der Waals surface area contributed by atoms with Gasteiger partial charge in [0.25, 0.3) is 5.69 Å². The Labute approximate surface area is 137 Å². The number of H-pyrrole nitrogens is 1. The van der Waals surface area contributed by atoms with Crippen LogP contribution in [0.2, 0.25) is 0 Å². The minimum absolute atomic E-state index is 0.00594. The maximum absolute atomic E-state index is 12.1. The van der Waals surface area contributed by atoms with E-state index >= 15 is 0 Å². The molecule has 0 atom stereocenters. The topological polar surface area (TPSA) is 101 Å². The van der Waals surface area contributed by atoms with Crippen LogP contribution in [0.1, 0.15) is 5.56 Å². The van der Waals surface area contributed by atoms with Gasteiger partial charge < -0.3 is 5.32 Å². The standard InChI is InChI=1S/C17H14N4O3/c22-17(10-12-4-6-15(7-5-12)21(23)24)19-14-3-1-2-13(11-14)16-8-9-18-20-16/h1-9,11H,10H2,(H,18,20)(H,19,22). The summed E-state index contributed by atoms with van der Waals surface area (Å²) in [6, 6.07) is 15.2. The van der Waals surface area contributed by atoms with Crippen molar-refractivity contribution in [2.75, 3.05) is 5.32 Å². The number of nitrogens with zero attached hydrogens (tertiary/aromatic N) is 2. The summed E-state index contributed by atoms with van der Waals surface area (Å²) in [4.78, 5) is 22.3. The Morgan fingerprint density at radius 2 is 1.96 bits per heavy atom. The van der Waals surface area contributed by atoms with E-state index in [2.05, 4.69) is 15.5 Å². The van der Waals surface area contributed by atoms with Crippen molar-refractivity contribution in [1.29, 1.82) is 0 Å². The van der Waals surface area contributed by atoms with Crippen LogP contribution in [0.4, 0.5) is 11.4 Å². The molecule has 0 aliphatic carbocycles. The quantitative estimate of drug-likeness (QED) is 0.556. The minimum atomic E-state index is -0.467. The van der Waals surface area contributed by atoms with Crippen molar-refractivity contribution in [3.8, 4) is 11.3 Å². The summed E-state index contributed by atoms with van der Waals surface area (Å²) in [5, 5.41) is 20.2. The molecule has 0 spiro atoms. The summed E-state index contributed by atoms with van der Waals surface area (Å²) in [5.74, 6) is -0.189. The lowest BCUT2D eigenvalue weighted by atomic mass is 10.1. The second kappa shape index (κ2) is 6.74. The van der Waals surface area contributed by atoms with E-state index in [1.54, 1.807) is 24.4 Å². The first-order chi connectivity index (χ1) is 11.6. The van der Waals surface area contributed by atoms with Crippen LogP contribution in [-0.2, 0) is 11.2 Å². The monoisotopic (exact) mass is 322 g/mol. The van der Waals surface area contributed by atoms with Gasteiger partial charge in [0.15, 0.2) is 0 Å². The predicted octanol–water partition coefficient (Wildman–Crippen LogP) is 3.17. The molecule has 3 aromatic rings. The van der Waals surface area contributed by atoms with Crippen molar-refractivity contribution in [2.45, 2.75) is 6.42 Å². The fourth-order valence-electron chi connectivity index (χ4n) is 2.31. The lowest BCUT2D eigenvalue weighted by Gasteiger charge is -2.07. The highest BCUT2D eigenvalue weighted by molar-refractivity contribution is 5.92. The maximum Gasteiger partial charge on any atom is 0.269 e. The van der Waals surface area contributed by atoms with Crippen LogP contribution in [0, 0.1) is 10.1 Å². The second-order valence-electron chi connectivity index (χ2n) is 5.20. The summed E-state index contributed by atoms with van der Waals surface area (Å²) in [6.45, 7) is 0. The third-order valence-electron chi connectivity index (χ3n) is 3.47.